The molecular formula is C17H13F3N4O. The topological polar surface area (TPSA) is 70.7 Å². The molecule has 0 unspecified atom stereocenters. The van der Waals surface area contributed by atoms with Gasteiger partial charge in [0.05, 0.1) is 23.0 Å². The Morgan fingerprint density at radius 3 is 2.80 bits per heavy atom. The predicted molar refractivity (Wildman–Crippen MR) is 85.3 cm³/mol. The smallest absolute Gasteiger partial charge is 0.344 e. The number of fused-ring (bicyclic) bond motifs is 1. The van der Waals surface area contributed by atoms with Gasteiger partial charge in [0.25, 0.3) is 5.91 Å². The molecule has 2 N–H and O–H groups in total. The fraction of sp³-hybridized carbons (Fsp3) is 0.235. The molecular weight excluding hydrogens is 333 g/mol. The highest BCUT2D eigenvalue weighted by Crippen LogP contribution is 2.39. The summed E-state index contributed by atoms with van der Waals surface area (Å²) < 4.78 is 38.3. The molecule has 0 radical (unpaired) electrons. The Morgan fingerprint density at radius 1 is 1.28 bits per heavy atom. The fourth-order valence-corrected chi connectivity index (χ4v) is 2.63. The number of alkyl halides is 3. The Hall–Kier alpha value is -2.90. The number of halogens is 3. The van der Waals surface area contributed by atoms with Crippen molar-refractivity contribution in [1.29, 1.82) is 0 Å². The van der Waals surface area contributed by atoms with Crippen molar-refractivity contribution in [2.24, 2.45) is 0 Å². The quantitative estimate of drug-likeness (QED) is 0.750. The van der Waals surface area contributed by atoms with Gasteiger partial charge in [-0.15, -0.1) is 0 Å². The van der Waals surface area contributed by atoms with E-state index >= 15 is 0 Å². The van der Waals surface area contributed by atoms with Gasteiger partial charge in [0.2, 0.25) is 0 Å². The number of benzene rings is 1. The van der Waals surface area contributed by atoms with E-state index in [2.05, 4.69) is 20.3 Å². The first-order chi connectivity index (χ1) is 11.9. The average molecular weight is 346 g/mol. The lowest BCUT2D eigenvalue weighted by atomic mass is 10.2. The summed E-state index contributed by atoms with van der Waals surface area (Å²) in [6, 6.07) is 4.50. The summed E-state index contributed by atoms with van der Waals surface area (Å²) in [5, 5.41) is 2.49. The van der Waals surface area contributed by atoms with Crippen molar-refractivity contribution >= 4 is 22.8 Å². The molecule has 5 nitrogen and oxygen atoms in total. The van der Waals surface area contributed by atoms with Crippen LogP contribution in [-0.2, 0) is 6.18 Å². The van der Waals surface area contributed by atoms with Crippen LogP contribution in [0.1, 0.15) is 40.4 Å². The van der Waals surface area contributed by atoms with Gasteiger partial charge in [-0.25, -0.2) is 9.97 Å². The van der Waals surface area contributed by atoms with Gasteiger partial charge in [-0.1, -0.05) is 6.07 Å². The molecule has 0 atom stereocenters. The van der Waals surface area contributed by atoms with E-state index in [9.17, 15) is 18.0 Å². The van der Waals surface area contributed by atoms with Crippen LogP contribution in [0.3, 0.4) is 0 Å². The third kappa shape index (κ3) is 3.07. The van der Waals surface area contributed by atoms with Crippen molar-refractivity contribution < 1.29 is 18.0 Å². The third-order valence-electron chi connectivity index (χ3n) is 4.09. The molecule has 2 heterocycles. The van der Waals surface area contributed by atoms with Crippen molar-refractivity contribution in [2.75, 3.05) is 5.32 Å². The number of amides is 1. The van der Waals surface area contributed by atoms with Crippen molar-refractivity contribution in [2.45, 2.75) is 24.9 Å². The third-order valence-corrected chi connectivity index (χ3v) is 4.09. The van der Waals surface area contributed by atoms with Gasteiger partial charge in [-0.3, -0.25) is 4.79 Å². The van der Waals surface area contributed by atoms with Crippen LogP contribution in [-0.4, -0.2) is 20.9 Å². The zero-order valence-corrected chi connectivity index (χ0v) is 12.9. The predicted octanol–water partition coefficient (Wildman–Crippen LogP) is 4.11. The summed E-state index contributed by atoms with van der Waals surface area (Å²) in [6.45, 7) is 0. The number of aromatic amines is 1. The zero-order chi connectivity index (χ0) is 17.6. The minimum absolute atomic E-state index is 0.0699. The van der Waals surface area contributed by atoms with Crippen LogP contribution in [0.15, 0.2) is 36.7 Å². The second kappa shape index (κ2) is 5.58. The highest BCUT2D eigenvalue weighted by molar-refractivity contribution is 6.11. The number of carbonyl (C=O) groups is 1. The van der Waals surface area contributed by atoms with Gasteiger partial charge in [-0.2, -0.15) is 13.2 Å². The number of aromatic nitrogens is 3. The van der Waals surface area contributed by atoms with Crippen LogP contribution >= 0.6 is 0 Å². The Labute approximate surface area is 140 Å². The summed E-state index contributed by atoms with van der Waals surface area (Å²) in [5.41, 5.74) is 1.23. The maximum Gasteiger partial charge on any atom is 0.416 e. The van der Waals surface area contributed by atoms with Gasteiger partial charge in [0.1, 0.15) is 5.52 Å². The first-order valence-electron chi connectivity index (χ1n) is 7.74. The first kappa shape index (κ1) is 15.6. The molecule has 128 valence electrons. The van der Waals surface area contributed by atoms with Gasteiger partial charge in [-0.05, 0) is 31.0 Å². The number of carbonyl (C=O) groups excluding carboxylic acids is 1. The minimum atomic E-state index is -4.47. The van der Waals surface area contributed by atoms with Crippen LogP contribution in [0, 0.1) is 0 Å². The number of rotatable bonds is 3. The molecule has 1 saturated carbocycles. The normalized spacial score (nSPS) is 14.7. The van der Waals surface area contributed by atoms with E-state index in [1.165, 1.54) is 18.3 Å². The standard InChI is InChI=1S/C17H13F3N4O/c18-17(19,20)10-2-1-3-11(6-10)23-16(25)12-7-21-15-14(12)24-13(8-22-15)9-4-5-9/h1-3,6-9H,4-5H2,(H,21,22)(H,23,25). The van der Waals surface area contributed by atoms with Crippen molar-refractivity contribution in [3.8, 4) is 0 Å². The van der Waals surface area contributed by atoms with E-state index in [-0.39, 0.29) is 11.3 Å². The van der Waals surface area contributed by atoms with E-state index in [1.54, 1.807) is 6.20 Å². The summed E-state index contributed by atoms with van der Waals surface area (Å²) in [7, 11) is 0. The highest BCUT2D eigenvalue weighted by atomic mass is 19.4. The number of hydrogen-bond acceptors (Lipinski definition) is 3. The Balaban J connectivity index is 1.63. The first-order valence-corrected chi connectivity index (χ1v) is 7.74. The second-order valence-corrected chi connectivity index (χ2v) is 6.00. The Morgan fingerprint density at radius 2 is 2.08 bits per heavy atom. The molecule has 1 amide bonds. The van der Waals surface area contributed by atoms with E-state index in [0.717, 1.165) is 30.7 Å². The number of nitrogens with zero attached hydrogens (tertiary/aromatic N) is 2. The summed E-state index contributed by atoms with van der Waals surface area (Å²) in [6.07, 6.45) is 0.786. The number of H-pyrrole nitrogens is 1. The lowest BCUT2D eigenvalue weighted by Crippen LogP contribution is -2.13. The number of nitrogens with one attached hydrogen (secondary N) is 2. The molecule has 1 fully saturated rings. The fourth-order valence-electron chi connectivity index (χ4n) is 2.63. The van der Waals surface area contributed by atoms with Crippen LogP contribution in [0.5, 0.6) is 0 Å². The van der Waals surface area contributed by atoms with Gasteiger partial charge >= 0.3 is 6.18 Å². The van der Waals surface area contributed by atoms with Gasteiger partial charge in [0.15, 0.2) is 5.65 Å². The molecule has 0 aliphatic heterocycles. The molecule has 1 aliphatic carbocycles. The number of hydrogen-bond donors (Lipinski definition) is 2. The van der Waals surface area contributed by atoms with E-state index in [4.69, 9.17) is 0 Å². The summed E-state index contributed by atoms with van der Waals surface area (Å²) >= 11 is 0. The Bertz CT molecular complexity index is 960. The molecule has 0 bridgehead atoms. The highest BCUT2D eigenvalue weighted by Gasteiger charge is 2.30. The van der Waals surface area contributed by atoms with Crippen LogP contribution in [0.25, 0.3) is 11.2 Å². The lowest BCUT2D eigenvalue weighted by molar-refractivity contribution is -0.137. The van der Waals surface area contributed by atoms with Gasteiger partial charge < -0.3 is 10.3 Å². The summed E-state index contributed by atoms with van der Waals surface area (Å²) in [4.78, 5) is 24.1. The van der Waals surface area contributed by atoms with E-state index in [1.807, 2.05) is 0 Å². The zero-order valence-electron chi connectivity index (χ0n) is 12.9. The van der Waals surface area contributed by atoms with E-state index in [0.29, 0.717) is 17.1 Å². The van der Waals surface area contributed by atoms with Crippen LogP contribution < -0.4 is 5.32 Å². The average Bonchev–Trinajstić information content (AvgIpc) is 3.33. The maximum atomic E-state index is 12.8. The van der Waals surface area contributed by atoms with Gasteiger partial charge in [0, 0.05) is 17.8 Å². The monoisotopic (exact) mass is 346 g/mol. The molecule has 1 aromatic carbocycles. The minimum Gasteiger partial charge on any atom is -0.344 e. The molecule has 1 aliphatic rings. The van der Waals surface area contributed by atoms with Crippen molar-refractivity contribution in [1.82, 2.24) is 15.0 Å². The van der Waals surface area contributed by atoms with Crippen molar-refractivity contribution in [3.63, 3.8) is 0 Å². The Kier molecular flexibility index (Phi) is 3.48. The largest absolute Gasteiger partial charge is 0.416 e. The molecule has 8 heteroatoms. The lowest BCUT2D eigenvalue weighted by Gasteiger charge is -2.09. The molecule has 25 heavy (non-hydrogen) atoms. The molecule has 3 aromatic rings. The molecule has 4 rings (SSSR count). The second-order valence-electron chi connectivity index (χ2n) is 6.00. The van der Waals surface area contributed by atoms with E-state index < -0.39 is 17.6 Å². The molecule has 2 aromatic heterocycles. The van der Waals surface area contributed by atoms with Crippen LogP contribution in [0.2, 0.25) is 0 Å². The SMILES string of the molecule is O=C(Nc1cccc(C(F)(F)F)c1)c1c[nH]c2ncc(C3CC3)nc12. The molecule has 0 saturated heterocycles. The molecule has 0 spiro atoms. The van der Waals surface area contributed by atoms with Crippen LogP contribution in [0.4, 0.5) is 18.9 Å². The maximum absolute atomic E-state index is 12.8. The summed E-state index contributed by atoms with van der Waals surface area (Å²) in [5.74, 6) is -0.154. The number of anilines is 1. The van der Waals surface area contributed by atoms with Crippen molar-refractivity contribution in [3.05, 3.63) is 53.5 Å².